The zero-order valence-electron chi connectivity index (χ0n) is 12.7. The van der Waals surface area contributed by atoms with Gasteiger partial charge in [-0.05, 0) is 44.4 Å². The maximum atomic E-state index is 11.9. The topological polar surface area (TPSA) is 123 Å². The van der Waals surface area contributed by atoms with Gasteiger partial charge >= 0.3 is 0 Å². The van der Waals surface area contributed by atoms with Crippen LogP contribution in [0.2, 0.25) is 0 Å². The van der Waals surface area contributed by atoms with E-state index in [2.05, 4.69) is 14.9 Å². The van der Waals surface area contributed by atoms with Crippen molar-refractivity contribution in [3.8, 4) is 0 Å². The fourth-order valence-electron chi connectivity index (χ4n) is 2.53. The zero-order chi connectivity index (χ0) is 16.1. The highest BCUT2D eigenvalue weighted by molar-refractivity contribution is 6.02. The van der Waals surface area contributed by atoms with E-state index in [9.17, 15) is 4.79 Å². The minimum Gasteiger partial charge on any atom is -0.372 e. The van der Waals surface area contributed by atoms with Crippen LogP contribution in [0, 0.1) is 0 Å². The number of carbonyl (C=O) groups excluding carboxylic acids is 1. The van der Waals surface area contributed by atoms with Gasteiger partial charge in [-0.25, -0.2) is 4.99 Å². The van der Waals surface area contributed by atoms with Crippen molar-refractivity contribution in [2.75, 3.05) is 18.0 Å². The maximum absolute atomic E-state index is 11.9. The molecular weight excluding hydrogens is 280 g/mol. The molecule has 1 fully saturated rings. The van der Waals surface area contributed by atoms with E-state index in [-0.39, 0.29) is 17.7 Å². The second-order valence-corrected chi connectivity index (χ2v) is 5.31. The van der Waals surface area contributed by atoms with Crippen molar-refractivity contribution >= 4 is 29.1 Å². The van der Waals surface area contributed by atoms with Crippen LogP contribution in [0.4, 0.5) is 11.4 Å². The number of carbonyl (C=O) groups is 1. The molecule has 1 aliphatic rings. The van der Waals surface area contributed by atoms with Gasteiger partial charge in [-0.1, -0.05) is 0 Å². The third-order valence-corrected chi connectivity index (χ3v) is 3.56. The average Bonchev–Trinajstić information content (AvgIpc) is 2.47. The molecule has 1 aliphatic heterocycles. The summed E-state index contributed by atoms with van der Waals surface area (Å²) in [7, 11) is 0. The quantitative estimate of drug-likeness (QED) is 0.438. The molecule has 0 atom stereocenters. The molecule has 1 aromatic carbocycles. The Kier molecular flexibility index (Phi) is 4.98. The van der Waals surface area contributed by atoms with Crippen molar-refractivity contribution in [3.63, 3.8) is 0 Å². The van der Waals surface area contributed by atoms with Gasteiger partial charge in [0.1, 0.15) is 0 Å². The lowest BCUT2D eigenvalue weighted by Crippen LogP contribution is -2.29. The van der Waals surface area contributed by atoms with Crippen molar-refractivity contribution in [1.82, 2.24) is 0 Å². The highest BCUT2D eigenvalue weighted by atomic mass is 16.1. The Morgan fingerprint density at radius 3 is 2.41 bits per heavy atom. The number of guanidine groups is 2. The second-order valence-electron chi connectivity index (χ2n) is 5.31. The number of rotatable bonds is 3. The molecule has 6 N–H and O–H groups in total. The number of nitrogens with two attached hydrogens (primary N) is 3. The Bertz CT molecular complexity index is 612. The molecule has 0 spiro atoms. The number of anilines is 1. The molecule has 118 valence electrons. The lowest BCUT2D eigenvalue weighted by molar-refractivity contribution is 0.101. The molecule has 1 heterocycles. The summed E-state index contributed by atoms with van der Waals surface area (Å²) in [5, 5.41) is 0. The van der Waals surface area contributed by atoms with Crippen molar-refractivity contribution in [2.24, 2.45) is 27.2 Å². The minimum absolute atomic E-state index is 0.0740. The fraction of sp³-hybridized carbons (Fsp3) is 0.400. The Balaban J connectivity index is 2.35. The first-order chi connectivity index (χ1) is 10.5. The van der Waals surface area contributed by atoms with Crippen LogP contribution in [0.3, 0.4) is 0 Å². The van der Waals surface area contributed by atoms with Crippen LogP contribution in [0.15, 0.2) is 28.2 Å². The molecule has 0 aromatic heterocycles. The van der Waals surface area contributed by atoms with E-state index < -0.39 is 0 Å². The van der Waals surface area contributed by atoms with E-state index in [0.29, 0.717) is 11.3 Å². The average molecular weight is 302 g/mol. The highest BCUT2D eigenvalue weighted by Crippen LogP contribution is 2.28. The van der Waals surface area contributed by atoms with E-state index >= 15 is 0 Å². The van der Waals surface area contributed by atoms with Gasteiger partial charge < -0.3 is 22.1 Å². The molecule has 1 saturated heterocycles. The molecule has 7 nitrogen and oxygen atoms in total. The Morgan fingerprint density at radius 2 is 1.82 bits per heavy atom. The zero-order valence-corrected chi connectivity index (χ0v) is 12.7. The molecule has 0 aliphatic carbocycles. The van der Waals surface area contributed by atoms with Gasteiger partial charge in [0.25, 0.3) is 0 Å². The van der Waals surface area contributed by atoms with Gasteiger partial charge in [-0.3, -0.25) is 4.79 Å². The van der Waals surface area contributed by atoms with Crippen LogP contribution in [-0.2, 0) is 0 Å². The SMILES string of the molecule is CC(=O)c1cc(N2CCCCC2)ccc1N=C(N)N=C(N)N. The van der Waals surface area contributed by atoms with Crippen LogP contribution in [0.5, 0.6) is 0 Å². The molecule has 0 amide bonds. The van der Waals surface area contributed by atoms with E-state index in [1.807, 2.05) is 12.1 Å². The highest BCUT2D eigenvalue weighted by Gasteiger charge is 2.14. The first-order valence-electron chi connectivity index (χ1n) is 7.31. The number of benzene rings is 1. The smallest absolute Gasteiger partial charge is 0.223 e. The lowest BCUT2D eigenvalue weighted by atomic mass is 10.1. The summed E-state index contributed by atoms with van der Waals surface area (Å²) < 4.78 is 0. The van der Waals surface area contributed by atoms with Crippen molar-refractivity contribution < 1.29 is 4.79 Å². The summed E-state index contributed by atoms with van der Waals surface area (Å²) in [6.45, 7) is 3.53. The van der Waals surface area contributed by atoms with Crippen LogP contribution >= 0.6 is 0 Å². The van der Waals surface area contributed by atoms with E-state index in [4.69, 9.17) is 17.2 Å². The van der Waals surface area contributed by atoms with E-state index in [0.717, 1.165) is 18.8 Å². The lowest BCUT2D eigenvalue weighted by Gasteiger charge is -2.29. The van der Waals surface area contributed by atoms with Gasteiger partial charge in [0.2, 0.25) is 5.96 Å². The third-order valence-electron chi connectivity index (χ3n) is 3.56. The Hall–Kier alpha value is -2.57. The second kappa shape index (κ2) is 6.93. The normalized spacial score (nSPS) is 15.5. The van der Waals surface area contributed by atoms with E-state index in [1.165, 1.54) is 26.2 Å². The summed E-state index contributed by atoms with van der Waals surface area (Å²) >= 11 is 0. The van der Waals surface area contributed by atoms with Crippen LogP contribution in [0.25, 0.3) is 0 Å². The van der Waals surface area contributed by atoms with Crippen molar-refractivity contribution in [2.45, 2.75) is 26.2 Å². The first kappa shape index (κ1) is 15.8. The number of aliphatic imine (C=N–C) groups is 2. The molecule has 7 heteroatoms. The molecule has 0 bridgehead atoms. The van der Waals surface area contributed by atoms with Crippen LogP contribution in [-0.4, -0.2) is 30.8 Å². The maximum Gasteiger partial charge on any atom is 0.223 e. The van der Waals surface area contributed by atoms with E-state index in [1.54, 1.807) is 6.07 Å². The summed E-state index contributed by atoms with van der Waals surface area (Å²) in [5.74, 6) is -0.320. The number of hydrogen-bond acceptors (Lipinski definition) is 3. The molecule has 0 saturated carbocycles. The summed E-state index contributed by atoms with van der Waals surface area (Å²) in [6.07, 6.45) is 3.60. The van der Waals surface area contributed by atoms with Gasteiger partial charge in [0, 0.05) is 24.3 Å². The standard InChI is InChI=1S/C15H22N6O/c1-10(22)12-9-11(21-7-3-2-4-8-21)5-6-13(12)19-15(18)20-14(16)17/h5-6,9H,2-4,7-8H2,1H3,(H6,16,17,18,19,20). The summed E-state index contributed by atoms with van der Waals surface area (Å²) in [6, 6.07) is 5.57. The van der Waals surface area contributed by atoms with Crippen LogP contribution < -0.4 is 22.1 Å². The predicted molar refractivity (Wildman–Crippen MR) is 89.6 cm³/mol. The Labute approximate surface area is 129 Å². The monoisotopic (exact) mass is 302 g/mol. The van der Waals surface area contributed by atoms with Gasteiger partial charge in [-0.15, -0.1) is 0 Å². The van der Waals surface area contributed by atoms with Gasteiger partial charge in [0.05, 0.1) is 5.69 Å². The minimum atomic E-state index is -0.171. The predicted octanol–water partition coefficient (Wildman–Crippen LogP) is 1.10. The molecule has 0 unspecified atom stereocenters. The summed E-state index contributed by atoms with van der Waals surface area (Å²) in [4.78, 5) is 21.9. The molecule has 2 rings (SSSR count). The third kappa shape index (κ3) is 3.97. The molecule has 22 heavy (non-hydrogen) atoms. The number of Topliss-reactive ketones (excluding diaryl/α,β-unsaturated/α-hetero) is 1. The molecule has 0 radical (unpaired) electrons. The number of ketones is 1. The number of hydrogen-bond donors (Lipinski definition) is 3. The largest absolute Gasteiger partial charge is 0.372 e. The van der Waals surface area contributed by atoms with Crippen molar-refractivity contribution in [3.05, 3.63) is 23.8 Å². The van der Waals surface area contributed by atoms with Gasteiger partial charge in [-0.2, -0.15) is 4.99 Å². The molecule has 1 aromatic rings. The van der Waals surface area contributed by atoms with Gasteiger partial charge in [0.15, 0.2) is 11.7 Å². The number of nitrogens with zero attached hydrogens (tertiary/aromatic N) is 3. The summed E-state index contributed by atoms with van der Waals surface area (Å²) in [5.41, 5.74) is 18.2. The fourth-order valence-corrected chi connectivity index (χ4v) is 2.53. The number of piperidine rings is 1. The van der Waals surface area contributed by atoms with Crippen molar-refractivity contribution in [1.29, 1.82) is 0 Å². The first-order valence-corrected chi connectivity index (χ1v) is 7.31. The molecular formula is C15H22N6O. The van der Waals surface area contributed by atoms with Crippen LogP contribution in [0.1, 0.15) is 36.5 Å². The Morgan fingerprint density at radius 1 is 1.14 bits per heavy atom.